The summed E-state index contributed by atoms with van der Waals surface area (Å²) in [6.45, 7) is 5.92. The smallest absolute Gasteiger partial charge is 0.126 e. The highest BCUT2D eigenvalue weighted by Gasteiger charge is 2.22. The van der Waals surface area contributed by atoms with Crippen molar-refractivity contribution in [2.45, 2.75) is 26.3 Å². The summed E-state index contributed by atoms with van der Waals surface area (Å²) in [5.74, 6) is -0.187. The maximum absolute atomic E-state index is 13.3. The normalized spacial score (nSPS) is 11.8. The quantitative estimate of drug-likeness (QED) is 0.903. The summed E-state index contributed by atoms with van der Waals surface area (Å²) in [6.07, 6.45) is 3.58. The van der Waals surface area contributed by atoms with Crippen LogP contribution in [0.4, 0.5) is 4.39 Å². The minimum Gasteiger partial charge on any atom is -0.310 e. The summed E-state index contributed by atoms with van der Waals surface area (Å²) in [5, 5.41) is 3.24. The standard InChI is InChI=1S/C14H18FN3/c1-10-7-11(5-6-12(10)15)18-9-17-8-13(18)14(2,3)16-4/h5-9,16H,1-4H3. The average molecular weight is 247 g/mol. The number of imidazole rings is 1. The topological polar surface area (TPSA) is 29.9 Å². The highest BCUT2D eigenvalue weighted by Crippen LogP contribution is 2.23. The Bertz CT molecular complexity index is 558. The molecule has 0 bridgehead atoms. The van der Waals surface area contributed by atoms with Gasteiger partial charge in [-0.2, -0.15) is 0 Å². The number of nitrogens with one attached hydrogen (secondary N) is 1. The molecule has 0 unspecified atom stereocenters. The molecule has 1 aromatic carbocycles. The molecule has 0 saturated carbocycles. The number of halogens is 1. The van der Waals surface area contributed by atoms with E-state index in [4.69, 9.17) is 0 Å². The van der Waals surface area contributed by atoms with Crippen molar-refractivity contribution in [3.63, 3.8) is 0 Å². The lowest BCUT2D eigenvalue weighted by molar-refractivity contribution is 0.424. The number of benzene rings is 1. The van der Waals surface area contributed by atoms with Crippen LogP contribution in [0.1, 0.15) is 25.1 Å². The first-order valence-corrected chi connectivity index (χ1v) is 5.94. The number of aryl methyl sites for hydroxylation is 1. The second kappa shape index (κ2) is 4.53. The van der Waals surface area contributed by atoms with Gasteiger partial charge in [0.1, 0.15) is 5.82 Å². The van der Waals surface area contributed by atoms with E-state index in [-0.39, 0.29) is 11.4 Å². The van der Waals surface area contributed by atoms with Crippen LogP contribution in [-0.2, 0) is 5.54 Å². The first kappa shape index (κ1) is 12.8. The fourth-order valence-electron chi connectivity index (χ4n) is 1.87. The predicted octanol–water partition coefficient (Wildman–Crippen LogP) is 2.77. The van der Waals surface area contributed by atoms with E-state index in [2.05, 4.69) is 24.1 Å². The molecule has 2 aromatic rings. The minimum atomic E-state index is -0.196. The zero-order valence-electron chi connectivity index (χ0n) is 11.2. The first-order chi connectivity index (χ1) is 8.45. The van der Waals surface area contributed by atoms with Crippen molar-refractivity contribution in [1.82, 2.24) is 14.9 Å². The third-order valence-corrected chi connectivity index (χ3v) is 3.32. The van der Waals surface area contributed by atoms with E-state index in [1.54, 1.807) is 19.3 Å². The maximum Gasteiger partial charge on any atom is 0.126 e. The summed E-state index contributed by atoms with van der Waals surface area (Å²) >= 11 is 0. The van der Waals surface area contributed by atoms with Crippen LogP contribution in [0.25, 0.3) is 5.69 Å². The van der Waals surface area contributed by atoms with Gasteiger partial charge in [0, 0.05) is 5.69 Å². The number of hydrogen-bond donors (Lipinski definition) is 1. The van der Waals surface area contributed by atoms with Gasteiger partial charge in [-0.15, -0.1) is 0 Å². The Morgan fingerprint density at radius 3 is 2.67 bits per heavy atom. The van der Waals surface area contributed by atoms with Gasteiger partial charge in [-0.1, -0.05) is 0 Å². The van der Waals surface area contributed by atoms with Gasteiger partial charge in [0.2, 0.25) is 0 Å². The lowest BCUT2D eigenvalue weighted by atomic mass is 10.0. The van der Waals surface area contributed by atoms with E-state index in [0.717, 1.165) is 11.4 Å². The molecule has 0 spiro atoms. The molecule has 18 heavy (non-hydrogen) atoms. The van der Waals surface area contributed by atoms with Gasteiger partial charge in [0.05, 0.1) is 23.8 Å². The molecule has 0 aliphatic rings. The van der Waals surface area contributed by atoms with Gasteiger partial charge in [-0.25, -0.2) is 9.37 Å². The van der Waals surface area contributed by atoms with Crippen molar-refractivity contribution >= 4 is 0 Å². The van der Waals surface area contributed by atoms with E-state index in [1.165, 1.54) is 6.07 Å². The summed E-state index contributed by atoms with van der Waals surface area (Å²) in [5.41, 5.74) is 2.40. The van der Waals surface area contributed by atoms with Crippen molar-refractivity contribution < 1.29 is 4.39 Å². The minimum absolute atomic E-state index is 0.187. The van der Waals surface area contributed by atoms with E-state index in [0.29, 0.717) is 5.56 Å². The molecular weight excluding hydrogens is 229 g/mol. The van der Waals surface area contributed by atoms with E-state index >= 15 is 0 Å². The van der Waals surface area contributed by atoms with Gasteiger partial charge in [0.25, 0.3) is 0 Å². The highest BCUT2D eigenvalue weighted by molar-refractivity contribution is 5.38. The van der Waals surface area contributed by atoms with Crippen molar-refractivity contribution in [2.75, 3.05) is 7.05 Å². The van der Waals surface area contributed by atoms with Crippen LogP contribution in [0.3, 0.4) is 0 Å². The molecule has 96 valence electrons. The van der Waals surface area contributed by atoms with Gasteiger partial charge < -0.3 is 9.88 Å². The van der Waals surface area contributed by atoms with Crippen LogP contribution >= 0.6 is 0 Å². The van der Waals surface area contributed by atoms with Crippen molar-refractivity contribution in [3.05, 3.63) is 47.8 Å². The monoisotopic (exact) mass is 247 g/mol. The molecule has 4 heteroatoms. The van der Waals surface area contributed by atoms with Gasteiger partial charge >= 0.3 is 0 Å². The Kier molecular flexibility index (Phi) is 3.22. The molecule has 0 aliphatic heterocycles. The maximum atomic E-state index is 13.3. The Morgan fingerprint density at radius 1 is 1.33 bits per heavy atom. The second-order valence-electron chi connectivity index (χ2n) is 4.96. The zero-order chi connectivity index (χ0) is 13.3. The first-order valence-electron chi connectivity index (χ1n) is 5.94. The molecule has 1 heterocycles. The average Bonchev–Trinajstić information content (AvgIpc) is 2.82. The molecular formula is C14H18FN3. The van der Waals surface area contributed by atoms with Crippen LogP contribution in [0.5, 0.6) is 0 Å². The van der Waals surface area contributed by atoms with E-state index < -0.39 is 0 Å². The second-order valence-corrected chi connectivity index (χ2v) is 4.96. The molecule has 0 atom stereocenters. The van der Waals surface area contributed by atoms with Crippen LogP contribution < -0.4 is 5.32 Å². The molecule has 3 nitrogen and oxygen atoms in total. The van der Waals surface area contributed by atoms with Crippen molar-refractivity contribution in [3.8, 4) is 5.69 Å². The fourth-order valence-corrected chi connectivity index (χ4v) is 1.87. The Morgan fingerprint density at radius 2 is 2.06 bits per heavy atom. The lowest BCUT2D eigenvalue weighted by Gasteiger charge is -2.25. The number of aromatic nitrogens is 2. The Hall–Kier alpha value is -1.68. The van der Waals surface area contributed by atoms with Crippen LogP contribution in [0.2, 0.25) is 0 Å². The molecule has 0 radical (unpaired) electrons. The van der Waals surface area contributed by atoms with E-state index in [1.807, 2.05) is 23.9 Å². The summed E-state index contributed by atoms with van der Waals surface area (Å²) < 4.78 is 15.3. The lowest BCUT2D eigenvalue weighted by Crippen LogP contribution is -2.35. The Balaban J connectivity index is 2.52. The molecule has 1 aromatic heterocycles. The molecule has 1 N–H and O–H groups in total. The van der Waals surface area contributed by atoms with Crippen molar-refractivity contribution in [1.29, 1.82) is 0 Å². The summed E-state index contributed by atoms with van der Waals surface area (Å²) in [4.78, 5) is 4.19. The number of rotatable bonds is 3. The van der Waals surface area contributed by atoms with E-state index in [9.17, 15) is 4.39 Å². The summed E-state index contributed by atoms with van der Waals surface area (Å²) in [6, 6.07) is 5.08. The molecule has 2 rings (SSSR count). The molecule has 0 saturated heterocycles. The van der Waals surface area contributed by atoms with Gasteiger partial charge in [-0.3, -0.25) is 0 Å². The third-order valence-electron chi connectivity index (χ3n) is 3.32. The number of nitrogens with zero attached hydrogens (tertiary/aromatic N) is 2. The zero-order valence-corrected chi connectivity index (χ0v) is 11.2. The fraction of sp³-hybridized carbons (Fsp3) is 0.357. The Labute approximate surface area is 107 Å². The molecule has 0 fully saturated rings. The van der Waals surface area contributed by atoms with Crippen LogP contribution in [0.15, 0.2) is 30.7 Å². The largest absolute Gasteiger partial charge is 0.310 e. The van der Waals surface area contributed by atoms with Gasteiger partial charge in [-0.05, 0) is 51.6 Å². The van der Waals surface area contributed by atoms with Crippen LogP contribution in [0, 0.1) is 12.7 Å². The molecule has 0 amide bonds. The number of hydrogen-bond acceptors (Lipinski definition) is 2. The van der Waals surface area contributed by atoms with Crippen molar-refractivity contribution in [2.24, 2.45) is 0 Å². The highest BCUT2D eigenvalue weighted by atomic mass is 19.1. The third kappa shape index (κ3) is 2.16. The summed E-state index contributed by atoms with van der Waals surface area (Å²) in [7, 11) is 1.91. The SMILES string of the molecule is CNC(C)(C)c1cncn1-c1ccc(F)c(C)c1. The predicted molar refractivity (Wildman–Crippen MR) is 70.3 cm³/mol. The van der Waals surface area contributed by atoms with Gasteiger partial charge in [0.15, 0.2) is 0 Å². The van der Waals surface area contributed by atoms with Crippen LogP contribution in [-0.4, -0.2) is 16.6 Å². The molecule has 0 aliphatic carbocycles.